The Morgan fingerprint density at radius 1 is 1.56 bits per heavy atom. The second kappa shape index (κ2) is 1.62. The fraction of sp³-hybridized carbons (Fsp3) is 0.167. The largest absolute Gasteiger partial charge is 0.385 e. The summed E-state index contributed by atoms with van der Waals surface area (Å²) in [6.45, 7) is 0.867. The topological polar surface area (TPSA) is 40.7 Å². The zero-order valence-electron chi connectivity index (χ0n) is 4.89. The van der Waals surface area contributed by atoms with Crippen LogP contribution in [-0.4, -0.2) is 10.2 Å². The van der Waals surface area contributed by atoms with Crippen LogP contribution in [0.5, 0.6) is 0 Å². The minimum Gasteiger partial charge on any atom is -0.385 e. The Morgan fingerprint density at radius 3 is 3.44 bits per heavy atom. The summed E-state index contributed by atoms with van der Waals surface area (Å²) in [5, 5.41) is 9.86. The highest BCUT2D eigenvalue weighted by molar-refractivity contribution is 5.52. The molecule has 3 nitrogen and oxygen atoms in total. The fourth-order valence-corrected chi connectivity index (χ4v) is 0.917. The minimum atomic E-state index is 0.867. The van der Waals surface area contributed by atoms with E-state index < -0.39 is 0 Å². The number of aromatic nitrogens is 2. The molecule has 1 aliphatic heterocycles. The maximum absolute atomic E-state index is 3.89. The molecule has 2 N–H and O–H groups in total. The lowest BCUT2D eigenvalue weighted by atomic mass is 10.2. The monoisotopic (exact) mass is 121 g/mol. The van der Waals surface area contributed by atoms with Crippen molar-refractivity contribution in [1.29, 1.82) is 0 Å². The van der Waals surface area contributed by atoms with Crippen LogP contribution in [0.4, 0.5) is 0 Å². The Kier molecular flexibility index (Phi) is 0.828. The van der Waals surface area contributed by atoms with Gasteiger partial charge in [0.25, 0.3) is 0 Å². The van der Waals surface area contributed by atoms with Gasteiger partial charge in [-0.1, -0.05) is 0 Å². The van der Waals surface area contributed by atoms with Crippen molar-refractivity contribution < 1.29 is 0 Å². The van der Waals surface area contributed by atoms with Gasteiger partial charge < -0.3 is 5.32 Å². The van der Waals surface area contributed by atoms with Gasteiger partial charge in [0.05, 0.1) is 18.4 Å². The van der Waals surface area contributed by atoms with Gasteiger partial charge in [-0.3, -0.25) is 5.10 Å². The number of hydrogen-bond donors (Lipinski definition) is 2. The van der Waals surface area contributed by atoms with E-state index in [1.54, 1.807) is 0 Å². The molecule has 0 saturated heterocycles. The van der Waals surface area contributed by atoms with Crippen molar-refractivity contribution in [1.82, 2.24) is 15.5 Å². The molecule has 0 saturated carbocycles. The highest BCUT2D eigenvalue weighted by Crippen LogP contribution is 2.08. The standard InChI is InChI=1S/C6H7N3/c1-2-7-4-6-5(1)3-8-9-6/h1-3,7H,4H2,(H,8,9). The first-order valence-corrected chi connectivity index (χ1v) is 2.89. The number of fused-ring (bicyclic) bond motifs is 1. The molecule has 0 aromatic carbocycles. The number of nitrogens with one attached hydrogen (secondary N) is 2. The van der Waals surface area contributed by atoms with Crippen molar-refractivity contribution in [3.8, 4) is 0 Å². The van der Waals surface area contributed by atoms with E-state index >= 15 is 0 Å². The van der Waals surface area contributed by atoms with Gasteiger partial charge in [-0.05, 0) is 12.3 Å². The molecule has 2 rings (SSSR count). The van der Waals surface area contributed by atoms with Gasteiger partial charge in [0.15, 0.2) is 0 Å². The zero-order chi connectivity index (χ0) is 6.10. The van der Waals surface area contributed by atoms with Crippen LogP contribution in [0.1, 0.15) is 11.3 Å². The van der Waals surface area contributed by atoms with Gasteiger partial charge in [-0.2, -0.15) is 5.10 Å². The van der Waals surface area contributed by atoms with E-state index in [0.717, 1.165) is 12.2 Å². The number of rotatable bonds is 0. The predicted molar refractivity (Wildman–Crippen MR) is 34.5 cm³/mol. The second-order valence-corrected chi connectivity index (χ2v) is 2.02. The van der Waals surface area contributed by atoms with Crippen LogP contribution in [0, 0.1) is 0 Å². The van der Waals surface area contributed by atoms with Crippen LogP contribution in [-0.2, 0) is 6.54 Å². The quantitative estimate of drug-likeness (QED) is 0.524. The van der Waals surface area contributed by atoms with E-state index in [-0.39, 0.29) is 0 Å². The number of H-pyrrole nitrogens is 1. The summed E-state index contributed by atoms with van der Waals surface area (Å²) in [4.78, 5) is 0. The Labute approximate surface area is 52.8 Å². The van der Waals surface area contributed by atoms with Crippen LogP contribution in [0.3, 0.4) is 0 Å². The molecule has 1 aliphatic rings. The molecular formula is C6H7N3. The number of hydrogen-bond acceptors (Lipinski definition) is 2. The zero-order valence-corrected chi connectivity index (χ0v) is 4.89. The van der Waals surface area contributed by atoms with Crippen LogP contribution < -0.4 is 5.32 Å². The van der Waals surface area contributed by atoms with Crippen LogP contribution in [0.2, 0.25) is 0 Å². The predicted octanol–water partition coefficient (Wildman–Crippen LogP) is 0.484. The van der Waals surface area contributed by atoms with Crippen LogP contribution in [0.15, 0.2) is 12.4 Å². The average molecular weight is 121 g/mol. The molecule has 0 radical (unpaired) electrons. The van der Waals surface area contributed by atoms with Gasteiger partial charge in [0.1, 0.15) is 0 Å². The second-order valence-electron chi connectivity index (χ2n) is 2.02. The van der Waals surface area contributed by atoms with Gasteiger partial charge >= 0.3 is 0 Å². The molecular weight excluding hydrogens is 114 g/mol. The van der Waals surface area contributed by atoms with E-state index in [2.05, 4.69) is 15.5 Å². The van der Waals surface area contributed by atoms with Crippen molar-refractivity contribution >= 4 is 6.08 Å². The van der Waals surface area contributed by atoms with Gasteiger partial charge in [0.2, 0.25) is 0 Å². The smallest absolute Gasteiger partial charge is 0.0615 e. The summed E-state index contributed by atoms with van der Waals surface area (Å²) in [6, 6.07) is 0. The molecule has 0 amide bonds. The first kappa shape index (κ1) is 4.61. The Hall–Kier alpha value is -1.25. The van der Waals surface area contributed by atoms with E-state index in [4.69, 9.17) is 0 Å². The molecule has 0 fully saturated rings. The summed E-state index contributed by atoms with van der Waals surface area (Å²) in [7, 11) is 0. The lowest BCUT2D eigenvalue weighted by molar-refractivity contribution is 0.817. The van der Waals surface area contributed by atoms with E-state index in [1.165, 1.54) is 5.56 Å². The summed E-state index contributed by atoms with van der Waals surface area (Å²) in [5.74, 6) is 0. The number of nitrogens with zero attached hydrogens (tertiary/aromatic N) is 1. The Bertz CT molecular complexity index is 236. The number of aromatic amines is 1. The van der Waals surface area contributed by atoms with Gasteiger partial charge in [-0.15, -0.1) is 0 Å². The van der Waals surface area contributed by atoms with Crippen molar-refractivity contribution in [2.45, 2.75) is 6.54 Å². The molecule has 0 aliphatic carbocycles. The lowest BCUT2D eigenvalue weighted by Crippen LogP contribution is -2.09. The normalized spacial score (nSPS) is 14.7. The Morgan fingerprint density at radius 2 is 2.56 bits per heavy atom. The molecule has 46 valence electrons. The first-order chi connectivity index (χ1) is 4.47. The first-order valence-electron chi connectivity index (χ1n) is 2.89. The molecule has 3 heteroatoms. The molecule has 0 spiro atoms. The van der Waals surface area contributed by atoms with Crippen molar-refractivity contribution in [2.75, 3.05) is 0 Å². The fourth-order valence-electron chi connectivity index (χ4n) is 0.917. The summed E-state index contributed by atoms with van der Waals surface area (Å²) in [5.41, 5.74) is 2.35. The van der Waals surface area contributed by atoms with Crippen LogP contribution in [0.25, 0.3) is 6.08 Å². The lowest BCUT2D eigenvalue weighted by Gasteiger charge is -2.03. The van der Waals surface area contributed by atoms with Gasteiger partial charge in [-0.25, -0.2) is 0 Å². The highest BCUT2D eigenvalue weighted by Gasteiger charge is 2.02. The van der Waals surface area contributed by atoms with Gasteiger partial charge in [0, 0.05) is 5.56 Å². The third-order valence-corrected chi connectivity index (χ3v) is 1.41. The third kappa shape index (κ3) is 0.614. The SMILES string of the molecule is C1=Cc2cn[nH]c2CN1. The molecule has 1 aromatic rings. The maximum atomic E-state index is 3.89. The van der Waals surface area contributed by atoms with Crippen LogP contribution >= 0.6 is 0 Å². The maximum Gasteiger partial charge on any atom is 0.0615 e. The molecule has 2 heterocycles. The molecule has 0 bridgehead atoms. The molecule has 0 unspecified atom stereocenters. The summed E-state index contributed by atoms with van der Waals surface area (Å²) in [6.07, 6.45) is 5.76. The Balaban J connectivity index is 2.53. The third-order valence-electron chi connectivity index (χ3n) is 1.41. The van der Waals surface area contributed by atoms with Crippen molar-refractivity contribution in [2.24, 2.45) is 0 Å². The minimum absolute atomic E-state index is 0.867. The van der Waals surface area contributed by atoms with E-state index in [1.807, 2.05) is 18.5 Å². The molecule has 9 heavy (non-hydrogen) atoms. The van der Waals surface area contributed by atoms with E-state index in [9.17, 15) is 0 Å². The average Bonchev–Trinajstić information content (AvgIpc) is 2.33. The van der Waals surface area contributed by atoms with Crippen molar-refractivity contribution in [3.05, 3.63) is 23.7 Å². The highest BCUT2D eigenvalue weighted by atomic mass is 15.1. The summed E-state index contributed by atoms with van der Waals surface area (Å²) < 4.78 is 0. The molecule has 0 atom stereocenters. The molecule has 1 aromatic heterocycles. The van der Waals surface area contributed by atoms with Crippen molar-refractivity contribution in [3.63, 3.8) is 0 Å². The summed E-state index contributed by atoms with van der Waals surface area (Å²) >= 11 is 0. The van der Waals surface area contributed by atoms with E-state index in [0.29, 0.717) is 0 Å².